The molecule has 2 atom stereocenters. The van der Waals surface area contributed by atoms with Crippen LogP contribution in [0.5, 0.6) is 5.75 Å². The third-order valence-corrected chi connectivity index (χ3v) is 7.55. The number of fused-ring (bicyclic) bond motifs is 2. The Kier molecular flexibility index (Phi) is 5.23. The van der Waals surface area contributed by atoms with Crippen molar-refractivity contribution in [2.75, 3.05) is 6.61 Å². The van der Waals surface area contributed by atoms with Gasteiger partial charge in [-0.25, -0.2) is 9.78 Å². The van der Waals surface area contributed by atoms with E-state index >= 15 is 0 Å². The highest BCUT2D eigenvalue weighted by atomic mass is 35.5. The molecular weight excluding hydrogens is 446 g/mol. The monoisotopic (exact) mass is 471 g/mol. The summed E-state index contributed by atoms with van der Waals surface area (Å²) in [7, 11) is 0. The molecule has 3 heterocycles. The van der Waals surface area contributed by atoms with Crippen LogP contribution in [0.2, 0.25) is 5.02 Å². The number of hydrogen-bond acceptors (Lipinski definition) is 5. The first kappa shape index (κ1) is 21.7. The van der Waals surface area contributed by atoms with Crippen molar-refractivity contribution in [1.82, 2.24) is 4.98 Å². The number of carbonyl (C=O) groups is 1. The molecule has 2 aliphatic rings. The maximum absolute atomic E-state index is 12.5. The highest BCUT2D eigenvalue weighted by Crippen LogP contribution is 2.52. The predicted octanol–water partition coefficient (Wildman–Crippen LogP) is 6.68. The number of ether oxygens (including phenoxy) is 2. The smallest absolute Gasteiger partial charge is 0.337 e. The average molecular weight is 472 g/mol. The van der Waals surface area contributed by atoms with Crippen LogP contribution in [-0.4, -0.2) is 28.3 Å². The molecule has 1 aliphatic heterocycles. The number of hydrogen-bond donors (Lipinski definition) is 1. The second-order valence-corrected chi connectivity index (χ2v) is 11.1. The van der Waals surface area contributed by atoms with Crippen LogP contribution < -0.4 is 4.74 Å². The van der Waals surface area contributed by atoms with Crippen LogP contribution in [0, 0.1) is 6.92 Å². The number of aromatic nitrogens is 1. The molecule has 0 saturated carbocycles. The number of pyridine rings is 1. The average Bonchev–Trinajstić information content (AvgIpc) is 3.06. The van der Waals surface area contributed by atoms with Gasteiger partial charge in [0.05, 0.1) is 12.2 Å². The van der Waals surface area contributed by atoms with Gasteiger partial charge in [-0.3, -0.25) is 0 Å². The number of carboxylic acid groups (broad SMARTS) is 1. The van der Waals surface area contributed by atoms with Crippen LogP contribution in [0.4, 0.5) is 0 Å². The molecule has 0 bridgehead atoms. The highest BCUT2D eigenvalue weighted by molar-refractivity contribution is 7.19. The number of halogens is 1. The lowest BCUT2D eigenvalue weighted by atomic mass is 9.82. The van der Waals surface area contributed by atoms with Gasteiger partial charge in [0.2, 0.25) is 0 Å². The Hall–Kier alpha value is -2.15. The summed E-state index contributed by atoms with van der Waals surface area (Å²) in [6.07, 6.45) is 2.03. The van der Waals surface area contributed by atoms with E-state index in [1.807, 2.05) is 45.9 Å². The van der Waals surface area contributed by atoms with Crippen molar-refractivity contribution >= 4 is 39.1 Å². The molecule has 2 aromatic heterocycles. The van der Waals surface area contributed by atoms with Crippen molar-refractivity contribution in [1.29, 1.82) is 0 Å². The first-order chi connectivity index (χ1) is 15.1. The number of nitrogens with zero attached hydrogens (tertiary/aromatic N) is 1. The lowest BCUT2D eigenvalue weighted by molar-refractivity contribution is -0.160. The van der Waals surface area contributed by atoms with Crippen LogP contribution >= 0.6 is 22.9 Å². The van der Waals surface area contributed by atoms with Crippen LogP contribution in [0.1, 0.15) is 67.3 Å². The fourth-order valence-electron chi connectivity index (χ4n) is 4.96. The number of rotatable bonds is 3. The lowest BCUT2D eigenvalue weighted by Gasteiger charge is -2.31. The van der Waals surface area contributed by atoms with Gasteiger partial charge < -0.3 is 14.6 Å². The number of benzene rings is 1. The molecule has 0 radical (unpaired) electrons. The van der Waals surface area contributed by atoms with E-state index in [1.54, 1.807) is 11.3 Å². The zero-order chi connectivity index (χ0) is 22.8. The van der Waals surface area contributed by atoms with Gasteiger partial charge in [-0.15, -0.1) is 11.3 Å². The summed E-state index contributed by atoms with van der Waals surface area (Å²) in [5.41, 5.74) is 3.60. The molecule has 168 valence electrons. The first-order valence-electron chi connectivity index (χ1n) is 10.9. The summed E-state index contributed by atoms with van der Waals surface area (Å²) >= 11 is 8.05. The van der Waals surface area contributed by atoms with Crippen LogP contribution in [0.15, 0.2) is 18.2 Å². The lowest BCUT2D eigenvalue weighted by Crippen LogP contribution is -2.28. The van der Waals surface area contributed by atoms with Gasteiger partial charge in [0, 0.05) is 43.6 Å². The van der Waals surface area contributed by atoms with Crippen LogP contribution in [0.3, 0.4) is 0 Å². The summed E-state index contributed by atoms with van der Waals surface area (Å²) in [6, 6.07) is 5.58. The van der Waals surface area contributed by atoms with E-state index < -0.39 is 17.7 Å². The van der Waals surface area contributed by atoms with Crippen molar-refractivity contribution in [2.45, 2.75) is 64.6 Å². The predicted molar refractivity (Wildman–Crippen MR) is 127 cm³/mol. The largest absolute Gasteiger partial charge is 0.492 e. The molecular formula is C25H26ClNO4S. The molecule has 0 amide bonds. The number of thiophene rings is 1. The molecule has 3 aromatic rings. The van der Waals surface area contributed by atoms with Crippen molar-refractivity contribution in [2.24, 2.45) is 0 Å². The topological polar surface area (TPSA) is 68.7 Å². The molecule has 0 fully saturated rings. The molecule has 0 spiro atoms. The summed E-state index contributed by atoms with van der Waals surface area (Å²) in [5, 5.41) is 11.9. The van der Waals surface area contributed by atoms with Gasteiger partial charge in [0.1, 0.15) is 10.6 Å². The minimum atomic E-state index is -1.15. The van der Waals surface area contributed by atoms with Crippen molar-refractivity contribution in [3.63, 3.8) is 0 Å². The Labute approximate surface area is 196 Å². The van der Waals surface area contributed by atoms with Crippen molar-refractivity contribution in [3.05, 3.63) is 44.9 Å². The Morgan fingerprint density at radius 1 is 1.38 bits per heavy atom. The maximum atomic E-state index is 12.5. The number of aryl methyl sites for hydroxylation is 2. The standard InChI is InChI=1S/C25H26ClNO4S/c1-12-18(22(24(28)29)31-25(2,3)4)20-15-9-8-14(26)10-16(15)30-11-13-6-5-7-17-19(13)21(20)23(27-12)32-17/h8-10,13,22H,5-7,11H2,1-4H3,(H,28,29). The zero-order valence-electron chi connectivity index (χ0n) is 18.6. The number of aliphatic carboxylic acids is 1. The second-order valence-electron chi connectivity index (χ2n) is 9.59. The summed E-state index contributed by atoms with van der Waals surface area (Å²) < 4.78 is 12.4. The van der Waals surface area contributed by atoms with Crippen LogP contribution in [-0.2, 0) is 16.0 Å². The zero-order valence-corrected chi connectivity index (χ0v) is 20.2. The molecule has 1 aromatic carbocycles. The Morgan fingerprint density at radius 3 is 2.88 bits per heavy atom. The van der Waals surface area contributed by atoms with Gasteiger partial charge >= 0.3 is 5.97 Å². The van der Waals surface area contributed by atoms with E-state index in [4.69, 9.17) is 26.1 Å². The molecule has 5 rings (SSSR count). The van der Waals surface area contributed by atoms with Crippen molar-refractivity contribution < 1.29 is 19.4 Å². The normalized spacial score (nSPS) is 18.5. The van der Waals surface area contributed by atoms with E-state index in [-0.39, 0.29) is 5.92 Å². The Morgan fingerprint density at radius 2 is 2.16 bits per heavy atom. The van der Waals surface area contributed by atoms with Gasteiger partial charge in [-0.2, -0.15) is 0 Å². The van der Waals surface area contributed by atoms with Gasteiger partial charge in [-0.05, 0) is 70.7 Å². The Bertz CT molecular complexity index is 1240. The van der Waals surface area contributed by atoms with Gasteiger partial charge in [-0.1, -0.05) is 11.6 Å². The molecule has 1 aliphatic carbocycles. The quantitative estimate of drug-likeness (QED) is 0.461. The molecule has 2 unspecified atom stereocenters. The Balaban J connectivity index is 1.92. The van der Waals surface area contributed by atoms with Gasteiger partial charge in [0.15, 0.2) is 6.10 Å². The van der Waals surface area contributed by atoms with Crippen molar-refractivity contribution in [3.8, 4) is 16.9 Å². The van der Waals surface area contributed by atoms with E-state index in [1.165, 1.54) is 10.4 Å². The molecule has 0 saturated heterocycles. The second kappa shape index (κ2) is 7.72. The fraction of sp³-hybridized carbons (Fsp3) is 0.440. The van der Waals surface area contributed by atoms with E-state index in [9.17, 15) is 9.90 Å². The van der Waals surface area contributed by atoms with E-state index in [2.05, 4.69) is 0 Å². The molecule has 32 heavy (non-hydrogen) atoms. The van der Waals surface area contributed by atoms with Crippen LogP contribution in [0.25, 0.3) is 21.3 Å². The van der Waals surface area contributed by atoms with E-state index in [0.29, 0.717) is 28.6 Å². The summed E-state index contributed by atoms with van der Waals surface area (Å²) in [4.78, 5) is 19.7. The molecule has 7 heteroatoms. The van der Waals surface area contributed by atoms with E-state index in [0.717, 1.165) is 40.6 Å². The minimum absolute atomic E-state index is 0.252. The third kappa shape index (κ3) is 3.58. The summed E-state index contributed by atoms with van der Waals surface area (Å²) in [6.45, 7) is 8.05. The third-order valence-electron chi connectivity index (χ3n) is 6.16. The first-order valence-corrected chi connectivity index (χ1v) is 12.1. The SMILES string of the molecule is Cc1nc2sc3c4c2c(c1C(OC(C)(C)C)C(=O)O)-c1ccc(Cl)cc1OCC4CCC3. The highest BCUT2D eigenvalue weighted by Gasteiger charge is 2.37. The summed E-state index contributed by atoms with van der Waals surface area (Å²) in [5.74, 6) is -0.100. The minimum Gasteiger partial charge on any atom is -0.492 e. The fourth-order valence-corrected chi connectivity index (χ4v) is 6.48. The van der Waals surface area contributed by atoms with Gasteiger partial charge in [0.25, 0.3) is 0 Å². The molecule has 5 nitrogen and oxygen atoms in total. The number of carboxylic acids is 1. The molecule has 1 N–H and O–H groups in total. The maximum Gasteiger partial charge on any atom is 0.337 e.